The molecule has 1 saturated heterocycles. The number of H-pyrrole nitrogens is 1. The molecule has 0 bridgehead atoms. The number of nitrogens with zero attached hydrogens (tertiary/aromatic N) is 3. The molecule has 4 rings (SSSR count). The third-order valence-electron chi connectivity index (χ3n) is 6.09. The molecule has 1 fully saturated rings. The summed E-state index contributed by atoms with van der Waals surface area (Å²) in [6.07, 6.45) is -1.22. The lowest BCUT2D eigenvalue weighted by molar-refractivity contribution is -0.141. The molecule has 13 heteroatoms. The zero-order valence-electron chi connectivity index (χ0n) is 19.7. The van der Waals surface area contributed by atoms with E-state index in [4.69, 9.17) is 22.7 Å². The van der Waals surface area contributed by atoms with Gasteiger partial charge in [-0.15, -0.1) is 0 Å². The van der Waals surface area contributed by atoms with E-state index in [1.807, 2.05) is 0 Å². The number of anilines is 1. The number of nitrogens with two attached hydrogens (primary N) is 1. The minimum absolute atomic E-state index is 0.00526. The Hall–Kier alpha value is -3.93. The summed E-state index contributed by atoms with van der Waals surface area (Å²) in [5, 5.41) is 11.5. The van der Waals surface area contributed by atoms with Crippen LogP contribution < -0.4 is 11.1 Å². The molecule has 0 radical (unpaired) electrons. The maximum atomic E-state index is 14.5. The highest BCUT2D eigenvalue weighted by Crippen LogP contribution is 2.35. The van der Waals surface area contributed by atoms with Crippen LogP contribution in [0, 0.1) is 11.2 Å². The van der Waals surface area contributed by atoms with Gasteiger partial charge in [-0.1, -0.05) is 11.6 Å². The highest BCUT2D eigenvalue weighted by molar-refractivity contribution is 6.36. The Bertz CT molecular complexity index is 1420. The molecular formula is C24H22ClF4N7O. The molecule has 0 unspecified atom stereocenters. The summed E-state index contributed by atoms with van der Waals surface area (Å²) in [5.74, 6) is -0.926. The van der Waals surface area contributed by atoms with Gasteiger partial charge in [0.25, 0.3) is 5.91 Å². The summed E-state index contributed by atoms with van der Waals surface area (Å²) >= 11 is 6.51. The molecule has 8 nitrogen and oxygen atoms in total. The number of aromatic amines is 1. The van der Waals surface area contributed by atoms with Crippen LogP contribution in [0.2, 0.25) is 5.02 Å². The van der Waals surface area contributed by atoms with E-state index in [1.54, 1.807) is 13.0 Å². The van der Waals surface area contributed by atoms with Gasteiger partial charge in [0.05, 0.1) is 40.4 Å². The molecule has 0 saturated carbocycles. The lowest BCUT2D eigenvalue weighted by atomic mass is 9.91. The molecule has 1 aliphatic rings. The number of piperidine rings is 1. The highest BCUT2D eigenvalue weighted by Gasteiger charge is 2.36. The van der Waals surface area contributed by atoms with E-state index < -0.39 is 29.6 Å². The van der Waals surface area contributed by atoms with Gasteiger partial charge in [-0.05, 0) is 31.5 Å². The minimum atomic E-state index is -4.68. The number of carbonyl (C=O) groups excluding carboxylic acids is 1. The molecule has 194 valence electrons. The van der Waals surface area contributed by atoms with Gasteiger partial charge < -0.3 is 26.3 Å². The lowest BCUT2D eigenvalue weighted by Crippen LogP contribution is -2.48. The second-order valence-corrected chi connectivity index (χ2v) is 8.77. The SMILES string of the molecule is CN/C(=C1/CCN(C(=O)c2cc(F)cc(-c3c[nH]c(N)c3)c2Cl)[C@@H](C)C1=N)c1cncc(C(F)(F)F)n1. The first kappa shape index (κ1) is 26.1. The molecule has 1 atom stereocenters. The van der Waals surface area contributed by atoms with Crippen molar-refractivity contribution in [2.24, 2.45) is 0 Å². The van der Waals surface area contributed by atoms with Gasteiger partial charge in [0, 0.05) is 36.5 Å². The number of benzene rings is 1. The largest absolute Gasteiger partial charge is 0.434 e. The summed E-state index contributed by atoms with van der Waals surface area (Å²) in [5.41, 5.74) is 5.76. The number of carbonyl (C=O) groups is 1. The molecule has 0 aliphatic carbocycles. The molecule has 3 aromatic rings. The summed E-state index contributed by atoms with van der Waals surface area (Å²) in [6.45, 7) is 1.71. The average Bonchev–Trinajstić information content (AvgIpc) is 3.28. The number of nitrogen functional groups attached to an aromatic ring is 1. The molecule has 2 aromatic heterocycles. The van der Waals surface area contributed by atoms with Gasteiger partial charge in [-0.2, -0.15) is 13.2 Å². The first-order chi connectivity index (χ1) is 17.4. The smallest absolute Gasteiger partial charge is 0.386 e. The monoisotopic (exact) mass is 535 g/mol. The van der Waals surface area contributed by atoms with Gasteiger partial charge in [-0.25, -0.2) is 9.37 Å². The normalized spacial score (nSPS) is 17.6. The number of hydrogen-bond donors (Lipinski definition) is 4. The standard InChI is InChI=1S/C24H22ClF4N7O/c1-11-21(31)14(22(32-2)17-9-33-10-18(35-17)24(27,28)29)3-4-36(11)23(37)16-7-13(26)6-15(20(16)25)12-5-19(30)34-8-12/h5-11,31-32,34H,3-4,30H2,1-2H3/b22-14-,31-21?/t11-/m0/s1. The first-order valence-corrected chi connectivity index (χ1v) is 11.4. The van der Waals surface area contributed by atoms with Crippen molar-refractivity contribution in [3.8, 4) is 11.1 Å². The van der Waals surface area contributed by atoms with Crippen molar-refractivity contribution in [1.82, 2.24) is 25.2 Å². The van der Waals surface area contributed by atoms with Gasteiger partial charge >= 0.3 is 6.18 Å². The average molecular weight is 536 g/mol. The third-order valence-corrected chi connectivity index (χ3v) is 6.50. The van der Waals surface area contributed by atoms with Crippen LogP contribution in [0.15, 0.2) is 42.4 Å². The van der Waals surface area contributed by atoms with Crippen molar-refractivity contribution in [2.75, 3.05) is 19.3 Å². The Kier molecular flexibility index (Phi) is 6.96. The van der Waals surface area contributed by atoms with Gasteiger partial charge in [0.15, 0.2) is 5.69 Å². The van der Waals surface area contributed by atoms with Crippen LogP contribution in [0.5, 0.6) is 0 Å². The van der Waals surface area contributed by atoms with Crippen LogP contribution >= 0.6 is 11.6 Å². The van der Waals surface area contributed by atoms with Gasteiger partial charge in [0.1, 0.15) is 17.3 Å². The fourth-order valence-electron chi connectivity index (χ4n) is 4.24. The fraction of sp³-hybridized carbons (Fsp3) is 0.250. The van der Waals surface area contributed by atoms with E-state index in [-0.39, 0.29) is 46.2 Å². The van der Waals surface area contributed by atoms with E-state index in [2.05, 4.69) is 20.3 Å². The van der Waals surface area contributed by atoms with Gasteiger partial charge in [0.2, 0.25) is 0 Å². The minimum Gasteiger partial charge on any atom is -0.386 e. The molecule has 37 heavy (non-hydrogen) atoms. The predicted molar refractivity (Wildman–Crippen MR) is 131 cm³/mol. The maximum Gasteiger partial charge on any atom is 0.434 e. The van der Waals surface area contributed by atoms with Crippen molar-refractivity contribution in [1.29, 1.82) is 5.41 Å². The molecule has 1 aliphatic heterocycles. The van der Waals surface area contributed by atoms with Crippen molar-refractivity contribution < 1.29 is 22.4 Å². The molecule has 0 spiro atoms. The summed E-state index contributed by atoms with van der Waals surface area (Å²) in [4.78, 5) is 24.9. The first-order valence-electron chi connectivity index (χ1n) is 11.1. The van der Waals surface area contributed by atoms with Crippen LogP contribution in [-0.2, 0) is 6.18 Å². The fourth-order valence-corrected chi connectivity index (χ4v) is 4.54. The number of halogens is 5. The van der Waals surface area contributed by atoms with Crippen LogP contribution in [0.1, 0.15) is 35.1 Å². The Morgan fingerprint density at radius 3 is 2.65 bits per heavy atom. The third kappa shape index (κ3) is 5.01. The molecule has 1 aromatic carbocycles. The number of likely N-dealkylation sites (tertiary alicyclic amines) is 1. The zero-order valence-corrected chi connectivity index (χ0v) is 20.4. The number of alkyl halides is 3. The lowest BCUT2D eigenvalue weighted by Gasteiger charge is -2.36. The molecule has 3 heterocycles. The van der Waals surface area contributed by atoms with E-state index >= 15 is 0 Å². The molecular weight excluding hydrogens is 514 g/mol. The maximum absolute atomic E-state index is 14.5. The van der Waals surface area contributed by atoms with E-state index in [9.17, 15) is 22.4 Å². The van der Waals surface area contributed by atoms with Crippen LogP contribution in [0.4, 0.5) is 23.4 Å². The Labute approximate surface area is 214 Å². The summed E-state index contributed by atoms with van der Waals surface area (Å²) in [7, 11) is 1.50. The number of hydrogen-bond acceptors (Lipinski definition) is 6. The zero-order chi connectivity index (χ0) is 27.1. The van der Waals surface area contributed by atoms with Crippen molar-refractivity contribution in [3.05, 3.63) is 70.2 Å². The number of amides is 1. The summed E-state index contributed by atoms with van der Waals surface area (Å²) in [6, 6.07) is 2.99. The molecule has 5 N–H and O–H groups in total. The van der Waals surface area contributed by atoms with Crippen LogP contribution in [-0.4, -0.2) is 51.1 Å². The van der Waals surface area contributed by atoms with Crippen molar-refractivity contribution in [2.45, 2.75) is 25.6 Å². The quantitative estimate of drug-likeness (QED) is 0.359. The Morgan fingerprint density at radius 2 is 2.03 bits per heavy atom. The van der Waals surface area contributed by atoms with Crippen molar-refractivity contribution in [3.63, 3.8) is 0 Å². The van der Waals surface area contributed by atoms with Gasteiger partial charge in [-0.3, -0.25) is 9.78 Å². The number of aromatic nitrogens is 3. The van der Waals surface area contributed by atoms with E-state index in [0.717, 1.165) is 6.07 Å². The van der Waals surface area contributed by atoms with E-state index in [0.29, 0.717) is 23.2 Å². The Balaban J connectivity index is 1.67. The molecule has 1 amide bonds. The van der Waals surface area contributed by atoms with Crippen molar-refractivity contribution >= 4 is 34.7 Å². The summed E-state index contributed by atoms with van der Waals surface area (Å²) < 4.78 is 53.9. The van der Waals surface area contributed by atoms with E-state index in [1.165, 1.54) is 30.4 Å². The highest BCUT2D eigenvalue weighted by atomic mass is 35.5. The Morgan fingerprint density at radius 1 is 1.30 bits per heavy atom. The predicted octanol–water partition coefficient (Wildman–Crippen LogP) is 4.75. The number of rotatable bonds is 4. The van der Waals surface area contributed by atoms with Crippen LogP contribution in [0.3, 0.4) is 0 Å². The second-order valence-electron chi connectivity index (χ2n) is 8.39. The topological polar surface area (TPSA) is 124 Å². The number of nitrogens with one attached hydrogen (secondary N) is 3. The van der Waals surface area contributed by atoms with Crippen LogP contribution in [0.25, 0.3) is 16.8 Å². The second kappa shape index (κ2) is 9.85.